The SMILES string of the molecule is CCCN(CCO)c1ccc([C@@H](C)O)cc1Cl. The minimum absolute atomic E-state index is 0.106. The highest BCUT2D eigenvalue weighted by Gasteiger charge is 2.11. The summed E-state index contributed by atoms with van der Waals surface area (Å²) in [7, 11) is 0. The quantitative estimate of drug-likeness (QED) is 0.823. The Morgan fingerprint density at radius 1 is 1.35 bits per heavy atom. The van der Waals surface area contributed by atoms with Gasteiger partial charge in [-0.25, -0.2) is 0 Å². The van der Waals surface area contributed by atoms with Crippen LogP contribution in [-0.4, -0.2) is 29.9 Å². The van der Waals surface area contributed by atoms with Gasteiger partial charge in [0.1, 0.15) is 0 Å². The largest absolute Gasteiger partial charge is 0.395 e. The summed E-state index contributed by atoms with van der Waals surface area (Å²) in [5.74, 6) is 0. The van der Waals surface area contributed by atoms with Crippen LogP contribution in [0.25, 0.3) is 0 Å². The first-order valence-electron chi connectivity index (χ1n) is 5.93. The number of hydrogen-bond acceptors (Lipinski definition) is 3. The van der Waals surface area contributed by atoms with Crippen molar-refractivity contribution in [3.63, 3.8) is 0 Å². The molecular formula is C13H20ClNO2. The molecule has 0 bridgehead atoms. The Kier molecular flexibility index (Phi) is 5.75. The van der Waals surface area contributed by atoms with E-state index in [1.807, 2.05) is 17.0 Å². The molecule has 3 nitrogen and oxygen atoms in total. The minimum atomic E-state index is -0.515. The zero-order chi connectivity index (χ0) is 12.8. The molecule has 1 aromatic rings. The minimum Gasteiger partial charge on any atom is -0.395 e. The summed E-state index contributed by atoms with van der Waals surface area (Å²) in [4.78, 5) is 2.05. The summed E-state index contributed by atoms with van der Waals surface area (Å²) in [6, 6.07) is 5.54. The van der Waals surface area contributed by atoms with Crippen molar-refractivity contribution in [3.05, 3.63) is 28.8 Å². The van der Waals surface area contributed by atoms with Gasteiger partial charge in [-0.2, -0.15) is 0 Å². The van der Waals surface area contributed by atoms with Crippen LogP contribution < -0.4 is 4.90 Å². The molecule has 4 heteroatoms. The third-order valence-electron chi connectivity index (χ3n) is 2.66. The number of benzene rings is 1. The maximum Gasteiger partial charge on any atom is 0.0762 e. The lowest BCUT2D eigenvalue weighted by atomic mass is 10.1. The van der Waals surface area contributed by atoms with Crippen LogP contribution in [0.5, 0.6) is 0 Å². The molecule has 0 aliphatic carbocycles. The number of nitrogens with zero attached hydrogens (tertiary/aromatic N) is 1. The molecule has 0 aliphatic heterocycles. The molecule has 0 saturated carbocycles. The van der Waals surface area contributed by atoms with E-state index in [-0.39, 0.29) is 6.61 Å². The molecule has 0 saturated heterocycles. The zero-order valence-corrected chi connectivity index (χ0v) is 11.1. The Bertz CT molecular complexity index is 349. The van der Waals surface area contributed by atoms with Gasteiger partial charge in [0.2, 0.25) is 0 Å². The second kappa shape index (κ2) is 6.84. The zero-order valence-electron chi connectivity index (χ0n) is 10.4. The van der Waals surface area contributed by atoms with Gasteiger partial charge < -0.3 is 15.1 Å². The molecule has 0 fully saturated rings. The summed E-state index contributed by atoms with van der Waals surface area (Å²) in [6.45, 7) is 5.33. The van der Waals surface area contributed by atoms with Crippen LogP contribution in [0.2, 0.25) is 5.02 Å². The average Bonchev–Trinajstić information content (AvgIpc) is 2.28. The van der Waals surface area contributed by atoms with Crippen molar-refractivity contribution in [1.29, 1.82) is 0 Å². The van der Waals surface area contributed by atoms with E-state index < -0.39 is 6.10 Å². The van der Waals surface area contributed by atoms with Gasteiger partial charge in [-0.15, -0.1) is 0 Å². The van der Waals surface area contributed by atoms with Gasteiger partial charge in [0.25, 0.3) is 0 Å². The molecular weight excluding hydrogens is 238 g/mol. The van der Waals surface area contributed by atoms with E-state index in [0.29, 0.717) is 11.6 Å². The smallest absolute Gasteiger partial charge is 0.0762 e. The van der Waals surface area contributed by atoms with E-state index >= 15 is 0 Å². The van der Waals surface area contributed by atoms with Crippen molar-refractivity contribution in [2.45, 2.75) is 26.4 Å². The molecule has 0 amide bonds. The summed E-state index contributed by atoms with van der Waals surface area (Å²) < 4.78 is 0. The van der Waals surface area contributed by atoms with Gasteiger partial charge in [0, 0.05) is 13.1 Å². The predicted molar refractivity (Wildman–Crippen MR) is 71.7 cm³/mol. The van der Waals surface area contributed by atoms with Crippen molar-refractivity contribution < 1.29 is 10.2 Å². The molecule has 0 heterocycles. The van der Waals surface area contributed by atoms with Gasteiger partial charge in [0.05, 0.1) is 23.4 Å². The highest BCUT2D eigenvalue weighted by atomic mass is 35.5. The Morgan fingerprint density at radius 2 is 2.06 bits per heavy atom. The number of anilines is 1. The van der Waals surface area contributed by atoms with Crippen LogP contribution in [0.4, 0.5) is 5.69 Å². The first-order chi connectivity index (χ1) is 8.10. The first kappa shape index (κ1) is 14.3. The highest BCUT2D eigenvalue weighted by Crippen LogP contribution is 2.29. The van der Waals surface area contributed by atoms with E-state index in [0.717, 1.165) is 24.2 Å². The topological polar surface area (TPSA) is 43.7 Å². The van der Waals surface area contributed by atoms with Crippen LogP contribution in [0, 0.1) is 0 Å². The third kappa shape index (κ3) is 3.87. The number of rotatable bonds is 6. The van der Waals surface area contributed by atoms with Crippen molar-refractivity contribution >= 4 is 17.3 Å². The summed E-state index contributed by atoms with van der Waals surface area (Å²) in [5, 5.41) is 19.1. The molecule has 0 spiro atoms. The molecule has 96 valence electrons. The molecule has 0 aliphatic rings. The summed E-state index contributed by atoms with van der Waals surface area (Å²) in [5.41, 5.74) is 1.71. The third-order valence-corrected chi connectivity index (χ3v) is 2.96. The predicted octanol–water partition coefficient (Wildman–Crippen LogP) is 2.60. The van der Waals surface area contributed by atoms with Gasteiger partial charge in [-0.1, -0.05) is 24.6 Å². The van der Waals surface area contributed by atoms with Gasteiger partial charge >= 0.3 is 0 Å². The van der Waals surface area contributed by atoms with Gasteiger partial charge in [-0.3, -0.25) is 0 Å². The number of aliphatic hydroxyl groups is 2. The fraction of sp³-hybridized carbons (Fsp3) is 0.538. The maximum atomic E-state index is 9.47. The lowest BCUT2D eigenvalue weighted by Crippen LogP contribution is -2.27. The lowest BCUT2D eigenvalue weighted by Gasteiger charge is -2.25. The molecule has 0 unspecified atom stereocenters. The van der Waals surface area contributed by atoms with Crippen LogP contribution in [0.1, 0.15) is 31.9 Å². The molecule has 17 heavy (non-hydrogen) atoms. The molecule has 0 aromatic heterocycles. The van der Waals surface area contributed by atoms with E-state index in [4.69, 9.17) is 16.7 Å². The van der Waals surface area contributed by atoms with E-state index in [9.17, 15) is 5.11 Å². The van der Waals surface area contributed by atoms with Crippen LogP contribution in [-0.2, 0) is 0 Å². The van der Waals surface area contributed by atoms with Crippen LogP contribution in [0.15, 0.2) is 18.2 Å². The molecule has 2 N–H and O–H groups in total. The maximum absolute atomic E-state index is 9.47. The van der Waals surface area contributed by atoms with E-state index in [1.165, 1.54) is 0 Å². The van der Waals surface area contributed by atoms with Crippen LogP contribution >= 0.6 is 11.6 Å². The molecule has 1 rings (SSSR count). The second-order valence-corrected chi connectivity index (χ2v) is 4.50. The van der Waals surface area contributed by atoms with Crippen LogP contribution in [0.3, 0.4) is 0 Å². The number of hydrogen-bond donors (Lipinski definition) is 2. The molecule has 0 radical (unpaired) electrons. The Morgan fingerprint density at radius 3 is 2.53 bits per heavy atom. The highest BCUT2D eigenvalue weighted by molar-refractivity contribution is 6.33. The Balaban J connectivity index is 2.95. The standard InChI is InChI=1S/C13H20ClNO2/c1-3-6-15(7-8-16)13-5-4-11(10(2)17)9-12(13)14/h4-5,9-10,16-17H,3,6-8H2,1-2H3/t10-/m1/s1. The Hall–Kier alpha value is -0.770. The monoisotopic (exact) mass is 257 g/mol. The fourth-order valence-corrected chi connectivity index (χ4v) is 2.09. The lowest BCUT2D eigenvalue weighted by molar-refractivity contribution is 0.199. The molecule has 1 atom stereocenters. The van der Waals surface area contributed by atoms with E-state index in [2.05, 4.69) is 6.92 Å². The average molecular weight is 258 g/mol. The summed E-state index contributed by atoms with van der Waals surface area (Å²) in [6.07, 6.45) is 0.480. The summed E-state index contributed by atoms with van der Waals surface area (Å²) >= 11 is 6.21. The van der Waals surface area contributed by atoms with E-state index in [1.54, 1.807) is 13.0 Å². The Labute approximate surface area is 108 Å². The normalized spacial score (nSPS) is 12.5. The van der Waals surface area contributed by atoms with Gasteiger partial charge in [0.15, 0.2) is 0 Å². The molecule has 1 aromatic carbocycles. The fourth-order valence-electron chi connectivity index (χ4n) is 1.78. The first-order valence-corrected chi connectivity index (χ1v) is 6.31. The number of aliphatic hydroxyl groups excluding tert-OH is 2. The second-order valence-electron chi connectivity index (χ2n) is 4.10. The van der Waals surface area contributed by atoms with Crippen molar-refractivity contribution in [1.82, 2.24) is 0 Å². The van der Waals surface area contributed by atoms with Gasteiger partial charge in [-0.05, 0) is 31.0 Å². The van der Waals surface area contributed by atoms with Crippen molar-refractivity contribution in [2.75, 3.05) is 24.6 Å². The van der Waals surface area contributed by atoms with Crippen molar-refractivity contribution in [2.24, 2.45) is 0 Å². The number of halogens is 1. The van der Waals surface area contributed by atoms with Crippen molar-refractivity contribution in [3.8, 4) is 0 Å².